The lowest BCUT2D eigenvalue weighted by Crippen LogP contribution is -2.13. The highest BCUT2D eigenvalue weighted by atomic mass is 35.5. The fourth-order valence-electron chi connectivity index (χ4n) is 2.19. The van der Waals surface area contributed by atoms with Gasteiger partial charge in [-0.25, -0.2) is 0 Å². The van der Waals surface area contributed by atoms with Crippen LogP contribution in [0.25, 0.3) is 0 Å². The van der Waals surface area contributed by atoms with Crippen LogP contribution in [0.15, 0.2) is 12.1 Å². The Hall–Kier alpha value is -1.26. The predicted molar refractivity (Wildman–Crippen MR) is 72.5 cm³/mol. The summed E-state index contributed by atoms with van der Waals surface area (Å²) in [4.78, 5) is 12.2. The van der Waals surface area contributed by atoms with Crippen LogP contribution >= 0.6 is 11.6 Å². The Bertz CT molecular complexity index is 467. The Morgan fingerprint density at radius 3 is 2.63 bits per heavy atom. The number of ether oxygens (including phenoxy) is 3. The number of ketones is 1. The van der Waals surface area contributed by atoms with Gasteiger partial charge in [0, 0.05) is 24.7 Å². The van der Waals surface area contributed by atoms with Gasteiger partial charge in [-0.15, -0.1) is 0 Å². The summed E-state index contributed by atoms with van der Waals surface area (Å²) in [7, 11) is 3.06. The van der Waals surface area contributed by atoms with Crippen LogP contribution < -0.4 is 9.47 Å². The maximum Gasteiger partial charge on any atom is 0.167 e. The van der Waals surface area contributed by atoms with Crippen molar-refractivity contribution in [2.75, 3.05) is 20.8 Å². The molecule has 1 aromatic rings. The van der Waals surface area contributed by atoms with Crippen molar-refractivity contribution in [1.29, 1.82) is 0 Å². The average Bonchev–Trinajstić information content (AvgIpc) is 2.90. The van der Waals surface area contributed by atoms with Crippen LogP contribution in [0.1, 0.15) is 29.6 Å². The summed E-state index contributed by atoms with van der Waals surface area (Å²) >= 11 is 6.12. The molecule has 0 bridgehead atoms. The molecule has 2 rings (SSSR count). The van der Waals surface area contributed by atoms with E-state index in [0.717, 1.165) is 19.4 Å². The van der Waals surface area contributed by atoms with Gasteiger partial charge in [0.2, 0.25) is 0 Å². The number of hydrogen-bond donors (Lipinski definition) is 0. The molecule has 104 valence electrons. The Kier molecular flexibility index (Phi) is 4.66. The molecule has 1 aliphatic rings. The first-order chi connectivity index (χ1) is 9.15. The maximum absolute atomic E-state index is 12.2. The first-order valence-corrected chi connectivity index (χ1v) is 6.59. The minimum Gasteiger partial charge on any atom is -0.493 e. The molecule has 0 spiro atoms. The normalized spacial score (nSPS) is 18.4. The SMILES string of the molecule is COc1cc(Cl)c(C(=O)CC2CCCO2)cc1OC. The molecule has 0 amide bonds. The molecule has 4 nitrogen and oxygen atoms in total. The van der Waals surface area contributed by atoms with Gasteiger partial charge in [0.1, 0.15) is 0 Å². The summed E-state index contributed by atoms with van der Waals surface area (Å²) in [6, 6.07) is 3.22. The average molecular weight is 285 g/mol. The minimum absolute atomic E-state index is 0.0108. The van der Waals surface area contributed by atoms with Crippen molar-refractivity contribution in [2.45, 2.75) is 25.4 Å². The number of Topliss-reactive ketones (excluding diaryl/α,β-unsaturated/α-hetero) is 1. The maximum atomic E-state index is 12.2. The molecule has 0 radical (unpaired) electrons. The zero-order valence-electron chi connectivity index (χ0n) is 11.1. The quantitative estimate of drug-likeness (QED) is 0.780. The third-order valence-electron chi connectivity index (χ3n) is 3.21. The molecule has 1 aliphatic heterocycles. The molecule has 19 heavy (non-hydrogen) atoms. The van der Waals surface area contributed by atoms with E-state index in [0.29, 0.717) is 28.5 Å². The molecule has 1 atom stereocenters. The summed E-state index contributed by atoms with van der Waals surface area (Å²) in [6.45, 7) is 0.734. The lowest BCUT2D eigenvalue weighted by molar-refractivity contribution is 0.0775. The first kappa shape index (κ1) is 14.2. The Morgan fingerprint density at radius 1 is 1.37 bits per heavy atom. The van der Waals surface area contributed by atoms with Crippen molar-refractivity contribution < 1.29 is 19.0 Å². The second-order valence-electron chi connectivity index (χ2n) is 4.45. The van der Waals surface area contributed by atoms with E-state index in [1.807, 2.05) is 0 Å². The zero-order chi connectivity index (χ0) is 13.8. The van der Waals surface area contributed by atoms with Crippen molar-refractivity contribution in [3.05, 3.63) is 22.7 Å². The summed E-state index contributed by atoms with van der Waals surface area (Å²) in [5.74, 6) is 0.988. The molecule has 1 unspecified atom stereocenters. The Morgan fingerprint density at radius 2 is 2.05 bits per heavy atom. The molecule has 0 N–H and O–H groups in total. The van der Waals surface area contributed by atoms with Crippen molar-refractivity contribution in [1.82, 2.24) is 0 Å². The van der Waals surface area contributed by atoms with Crippen LogP contribution in [0.5, 0.6) is 11.5 Å². The van der Waals surface area contributed by atoms with E-state index in [9.17, 15) is 4.79 Å². The fourth-order valence-corrected chi connectivity index (χ4v) is 2.45. The molecule has 1 saturated heterocycles. The molecule has 1 heterocycles. The summed E-state index contributed by atoms with van der Waals surface area (Å²) < 4.78 is 15.8. The smallest absolute Gasteiger partial charge is 0.167 e. The van der Waals surface area contributed by atoms with Crippen LogP contribution in [0.3, 0.4) is 0 Å². The largest absolute Gasteiger partial charge is 0.493 e. The standard InChI is InChI=1S/C14H17ClO4/c1-17-13-7-10(11(15)8-14(13)18-2)12(16)6-9-4-3-5-19-9/h7-9H,3-6H2,1-2H3. The van der Waals surface area contributed by atoms with Crippen LogP contribution in [0, 0.1) is 0 Å². The third kappa shape index (κ3) is 3.19. The summed E-state index contributed by atoms with van der Waals surface area (Å²) in [6.07, 6.45) is 2.31. The van der Waals surface area contributed by atoms with Crippen molar-refractivity contribution in [3.63, 3.8) is 0 Å². The van der Waals surface area contributed by atoms with Crippen LogP contribution in [0.4, 0.5) is 0 Å². The van der Waals surface area contributed by atoms with E-state index < -0.39 is 0 Å². The molecule has 1 fully saturated rings. The number of rotatable bonds is 5. The lowest BCUT2D eigenvalue weighted by Gasteiger charge is -2.12. The zero-order valence-corrected chi connectivity index (χ0v) is 11.8. The highest BCUT2D eigenvalue weighted by Gasteiger charge is 2.22. The van der Waals surface area contributed by atoms with E-state index >= 15 is 0 Å². The highest BCUT2D eigenvalue weighted by molar-refractivity contribution is 6.34. The molecular formula is C14H17ClO4. The number of carbonyl (C=O) groups excluding carboxylic acids is 1. The third-order valence-corrected chi connectivity index (χ3v) is 3.52. The Balaban J connectivity index is 2.20. The Labute approximate surface area is 117 Å². The van der Waals surface area contributed by atoms with Gasteiger partial charge < -0.3 is 14.2 Å². The topological polar surface area (TPSA) is 44.8 Å². The van der Waals surface area contributed by atoms with Gasteiger partial charge in [-0.05, 0) is 18.9 Å². The van der Waals surface area contributed by atoms with E-state index in [1.54, 1.807) is 12.1 Å². The molecule has 1 aromatic carbocycles. The van der Waals surface area contributed by atoms with E-state index in [2.05, 4.69) is 0 Å². The van der Waals surface area contributed by atoms with Gasteiger partial charge in [0.15, 0.2) is 17.3 Å². The van der Waals surface area contributed by atoms with Gasteiger partial charge in [0.25, 0.3) is 0 Å². The number of benzene rings is 1. The molecular weight excluding hydrogens is 268 g/mol. The summed E-state index contributed by atoms with van der Waals surface area (Å²) in [5, 5.41) is 0.376. The van der Waals surface area contributed by atoms with Gasteiger partial charge in [-0.3, -0.25) is 4.79 Å². The number of methoxy groups -OCH3 is 2. The monoisotopic (exact) mass is 284 g/mol. The fraction of sp³-hybridized carbons (Fsp3) is 0.500. The van der Waals surface area contributed by atoms with Gasteiger partial charge in [-0.2, -0.15) is 0 Å². The van der Waals surface area contributed by atoms with Crippen molar-refractivity contribution >= 4 is 17.4 Å². The molecule has 5 heteroatoms. The predicted octanol–water partition coefficient (Wildman–Crippen LogP) is 3.11. The number of carbonyl (C=O) groups is 1. The van der Waals surface area contributed by atoms with E-state index in [-0.39, 0.29) is 11.9 Å². The summed E-state index contributed by atoms with van der Waals surface area (Å²) in [5.41, 5.74) is 0.454. The van der Waals surface area contributed by atoms with E-state index in [4.69, 9.17) is 25.8 Å². The van der Waals surface area contributed by atoms with Crippen molar-refractivity contribution in [3.8, 4) is 11.5 Å². The molecule has 0 aromatic heterocycles. The van der Waals surface area contributed by atoms with Crippen LogP contribution in [-0.4, -0.2) is 32.7 Å². The second-order valence-corrected chi connectivity index (χ2v) is 4.86. The highest BCUT2D eigenvalue weighted by Crippen LogP contribution is 2.34. The minimum atomic E-state index is -0.0298. The van der Waals surface area contributed by atoms with Gasteiger partial charge in [0.05, 0.1) is 25.3 Å². The second kappa shape index (κ2) is 6.26. The molecule has 0 aliphatic carbocycles. The lowest BCUT2D eigenvalue weighted by atomic mass is 10.0. The van der Waals surface area contributed by atoms with Crippen LogP contribution in [-0.2, 0) is 4.74 Å². The number of hydrogen-bond acceptors (Lipinski definition) is 4. The number of halogens is 1. The van der Waals surface area contributed by atoms with Crippen molar-refractivity contribution in [2.24, 2.45) is 0 Å². The van der Waals surface area contributed by atoms with Crippen LogP contribution in [0.2, 0.25) is 5.02 Å². The van der Waals surface area contributed by atoms with Gasteiger partial charge in [-0.1, -0.05) is 11.6 Å². The van der Waals surface area contributed by atoms with Gasteiger partial charge >= 0.3 is 0 Å². The van der Waals surface area contributed by atoms with E-state index in [1.165, 1.54) is 14.2 Å². The first-order valence-electron chi connectivity index (χ1n) is 6.22. The molecule has 0 saturated carbocycles.